The van der Waals surface area contributed by atoms with Gasteiger partial charge in [0.1, 0.15) is 0 Å². The van der Waals surface area contributed by atoms with E-state index in [-0.39, 0.29) is 17.8 Å². The number of fused-ring (bicyclic) bond motifs is 3. The number of aryl methyl sites for hydroxylation is 2. The Morgan fingerprint density at radius 3 is 2.95 bits per heavy atom. The van der Waals surface area contributed by atoms with Crippen LogP contribution < -0.4 is 11.2 Å². The molecule has 0 spiro atoms. The first-order chi connectivity index (χ1) is 9.50. The van der Waals surface area contributed by atoms with Crippen LogP contribution in [0.25, 0.3) is 11.2 Å². The predicted octanol–water partition coefficient (Wildman–Crippen LogP) is 1.14. The number of rotatable bonds is 2. The zero-order chi connectivity index (χ0) is 14.4. The van der Waals surface area contributed by atoms with Crippen molar-refractivity contribution in [2.45, 2.75) is 25.2 Å². The third-order valence-corrected chi connectivity index (χ3v) is 4.41. The first-order valence-electron chi connectivity index (χ1n) is 6.16. The van der Waals surface area contributed by atoms with Gasteiger partial charge in [-0.1, -0.05) is 29.4 Å². The molecule has 0 atom stereocenters. The fourth-order valence-electron chi connectivity index (χ4n) is 2.28. The molecule has 3 rings (SSSR count). The Hall–Kier alpha value is -1.47. The third kappa shape index (κ3) is 1.92. The zero-order valence-corrected chi connectivity index (χ0v) is 12.7. The summed E-state index contributed by atoms with van der Waals surface area (Å²) in [4.78, 5) is 29.2. The molecule has 8 heteroatoms. The van der Waals surface area contributed by atoms with E-state index in [1.165, 1.54) is 9.13 Å². The fraction of sp³-hybridized carbons (Fsp3) is 0.417. The van der Waals surface area contributed by atoms with E-state index in [4.69, 9.17) is 11.6 Å². The summed E-state index contributed by atoms with van der Waals surface area (Å²) in [5.41, 5.74) is 0.259. The van der Waals surface area contributed by atoms with Crippen molar-refractivity contribution in [1.29, 1.82) is 0 Å². The predicted molar refractivity (Wildman–Crippen MR) is 79.6 cm³/mol. The van der Waals surface area contributed by atoms with Crippen molar-refractivity contribution < 1.29 is 0 Å². The third-order valence-electron chi connectivity index (χ3n) is 3.30. The lowest BCUT2D eigenvalue weighted by molar-refractivity contribution is 0.660. The number of imidazole rings is 1. The molecule has 0 unspecified atom stereocenters. The second-order valence-corrected chi connectivity index (χ2v) is 6.27. The Morgan fingerprint density at radius 1 is 1.50 bits per heavy atom. The van der Waals surface area contributed by atoms with Crippen LogP contribution in [0.5, 0.6) is 0 Å². The number of aromatic nitrogens is 4. The molecule has 6 nitrogen and oxygen atoms in total. The smallest absolute Gasteiger partial charge is 0.312 e. The summed E-state index contributed by atoms with van der Waals surface area (Å²) >= 11 is 7.38. The Bertz CT molecular complexity index is 842. The zero-order valence-electron chi connectivity index (χ0n) is 11.1. The van der Waals surface area contributed by atoms with E-state index >= 15 is 0 Å². The van der Waals surface area contributed by atoms with E-state index in [2.05, 4.69) is 4.98 Å². The van der Waals surface area contributed by atoms with Gasteiger partial charge in [0.05, 0.1) is 6.54 Å². The molecule has 1 aliphatic heterocycles. The van der Waals surface area contributed by atoms with Gasteiger partial charge >= 0.3 is 5.69 Å². The van der Waals surface area contributed by atoms with Crippen molar-refractivity contribution >= 4 is 34.5 Å². The quantitative estimate of drug-likeness (QED) is 0.834. The van der Waals surface area contributed by atoms with Gasteiger partial charge in [0.2, 0.25) is 0 Å². The summed E-state index contributed by atoms with van der Waals surface area (Å²) in [6, 6.07) is 0. The van der Waals surface area contributed by atoms with Gasteiger partial charge in [-0.3, -0.25) is 13.9 Å². The molecule has 3 heterocycles. The lowest BCUT2D eigenvalue weighted by Crippen LogP contribution is -2.39. The number of hydrogen-bond acceptors (Lipinski definition) is 4. The van der Waals surface area contributed by atoms with Crippen molar-refractivity contribution in [1.82, 2.24) is 18.7 Å². The maximum Gasteiger partial charge on any atom is 0.332 e. The molecule has 2 aromatic rings. The summed E-state index contributed by atoms with van der Waals surface area (Å²) in [7, 11) is 1.63. The summed E-state index contributed by atoms with van der Waals surface area (Å²) in [6.45, 7) is 2.63. The van der Waals surface area contributed by atoms with E-state index in [1.807, 2.05) is 4.57 Å². The fourth-order valence-corrected chi connectivity index (χ4v) is 3.29. The Morgan fingerprint density at radius 2 is 2.25 bits per heavy atom. The molecular weight excluding hydrogens is 300 g/mol. The summed E-state index contributed by atoms with van der Waals surface area (Å²) in [5, 5.41) is 1.35. The Labute approximate surface area is 123 Å². The van der Waals surface area contributed by atoms with Crippen LogP contribution in [0.15, 0.2) is 25.9 Å². The molecule has 0 aliphatic carbocycles. The van der Waals surface area contributed by atoms with Crippen LogP contribution >= 0.6 is 23.4 Å². The van der Waals surface area contributed by atoms with Crippen LogP contribution in [0.3, 0.4) is 0 Å². The molecule has 0 saturated carbocycles. The highest BCUT2D eigenvalue weighted by Gasteiger charge is 2.23. The van der Waals surface area contributed by atoms with Crippen LogP contribution in [0, 0.1) is 0 Å². The summed E-state index contributed by atoms with van der Waals surface area (Å²) in [6.07, 6.45) is 1.65. The molecule has 20 heavy (non-hydrogen) atoms. The minimum absolute atomic E-state index is 0.171. The van der Waals surface area contributed by atoms with Crippen LogP contribution in [0.1, 0.15) is 6.92 Å². The lowest BCUT2D eigenvalue weighted by atomic mass is 10.4. The first-order valence-corrected chi connectivity index (χ1v) is 7.52. The largest absolute Gasteiger partial charge is 0.332 e. The second-order valence-electron chi connectivity index (χ2n) is 4.61. The van der Waals surface area contributed by atoms with E-state index in [0.29, 0.717) is 16.2 Å². The number of thioether (sulfide) groups is 1. The van der Waals surface area contributed by atoms with Crippen molar-refractivity contribution in [3.05, 3.63) is 31.9 Å². The maximum absolute atomic E-state index is 12.5. The van der Waals surface area contributed by atoms with Gasteiger partial charge in [-0.2, -0.15) is 0 Å². The minimum atomic E-state index is -0.376. The van der Waals surface area contributed by atoms with E-state index < -0.39 is 0 Å². The highest BCUT2D eigenvalue weighted by Crippen LogP contribution is 2.27. The summed E-state index contributed by atoms with van der Waals surface area (Å²) in [5.74, 6) is 0.904. The average molecular weight is 313 g/mol. The first kappa shape index (κ1) is 13.5. The molecular formula is C12H13ClN4O2S. The van der Waals surface area contributed by atoms with Gasteiger partial charge in [-0.15, -0.1) is 0 Å². The molecule has 106 valence electrons. The standard InChI is InChI=1S/C12H13ClN4O2S/c1-7(13)3-4-17-10(18)8-9(15(2)12(17)19)14-11-16(8)5-6-20-11/h3H,4-6H2,1-2H3/b7-3-. The number of halogens is 1. The molecule has 0 fully saturated rings. The van der Waals surface area contributed by atoms with Crippen molar-refractivity contribution in [2.75, 3.05) is 5.75 Å². The monoisotopic (exact) mass is 312 g/mol. The normalized spacial score (nSPS) is 15.1. The van der Waals surface area contributed by atoms with E-state index in [9.17, 15) is 9.59 Å². The molecule has 0 radical (unpaired) electrons. The average Bonchev–Trinajstić information content (AvgIpc) is 2.95. The molecule has 0 bridgehead atoms. The highest BCUT2D eigenvalue weighted by molar-refractivity contribution is 7.99. The molecule has 0 saturated heterocycles. The van der Waals surface area contributed by atoms with Crippen LogP contribution in [0.2, 0.25) is 0 Å². The topological polar surface area (TPSA) is 61.8 Å². The van der Waals surface area contributed by atoms with Gasteiger partial charge in [0.25, 0.3) is 5.56 Å². The minimum Gasteiger partial charge on any atom is -0.312 e. The lowest BCUT2D eigenvalue weighted by Gasteiger charge is -2.07. The van der Waals surface area contributed by atoms with Crippen molar-refractivity contribution in [2.24, 2.45) is 7.05 Å². The molecule has 2 aromatic heterocycles. The molecule has 0 amide bonds. The van der Waals surface area contributed by atoms with Crippen LogP contribution in [-0.2, 0) is 20.1 Å². The van der Waals surface area contributed by atoms with E-state index in [1.54, 1.807) is 31.8 Å². The molecule has 0 aromatic carbocycles. The number of nitrogens with zero attached hydrogens (tertiary/aromatic N) is 4. The van der Waals surface area contributed by atoms with Crippen molar-refractivity contribution in [3.63, 3.8) is 0 Å². The molecule has 0 N–H and O–H groups in total. The number of allylic oxidation sites excluding steroid dienone is 2. The number of hydrogen-bond donors (Lipinski definition) is 0. The second kappa shape index (κ2) is 4.82. The SMILES string of the molecule is C/C(Cl)=C/Cn1c(=O)c2c(nc3n2CCS3)n(C)c1=O. The van der Waals surface area contributed by atoms with E-state index in [0.717, 1.165) is 17.5 Å². The van der Waals surface area contributed by atoms with Gasteiger partial charge < -0.3 is 4.57 Å². The Kier molecular flexibility index (Phi) is 3.25. The van der Waals surface area contributed by atoms with Gasteiger partial charge in [0, 0.05) is 24.4 Å². The maximum atomic E-state index is 12.5. The van der Waals surface area contributed by atoms with Gasteiger partial charge in [-0.25, -0.2) is 9.78 Å². The van der Waals surface area contributed by atoms with Gasteiger partial charge in [-0.05, 0) is 6.92 Å². The summed E-state index contributed by atoms with van der Waals surface area (Å²) < 4.78 is 4.49. The molecule has 1 aliphatic rings. The van der Waals surface area contributed by atoms with Gasteiger partial charge in [0.15, 0.2) is 16.3 Å². The van der Waals surface area contributed by atoms with Crippen LogP contribution in [0.4, 0.5) is 0 Å². The van der Waals surface area contributed by atoms with Crippen LogP contribution in [-0.4, -0.2) is 24.4 Å². The highest BCUT2D eigenvalue weighted by atomic mass is 35.5. The van der Waals surface area contributed by atoms with Crippen molar-refractivity contribution in [3.8, 4) is 0 Å². The Balaban J connectivity index is 2.34.